The van der Waals surface area contributed by atoms with Gasteiger partial charge in [0.05, 0.1) is 30.7 Å². The maximum atomic E-state index is 14.9. The van der Waals surface area contributed by atoms with Crippen LogP contribution in [-0.2, 0) is 28.7 Å². The number of aliphatic hydroxyl groups is 1. The Morgan fingerprint density at radius 3 is 2.46 bits per heavy atom. The summed E-state index contributed by atoms with van der Waals surface area (Å²) < 4.78 is 13.1. The number of anilines is 1. The van der Waals surface area contributed by atoms with Gasteiger partial charge in [0, 0.05) is 23.7 Å². The Kier molecular flexibility index (Phi) is 9.79. The van der Waals surface area contributed by atoms with Gasteiger partial charge in [0.15, 0.2) is 0 Å². The molecule has 11 heteroatoms. The summed E-state index contributed by atoms with van der Waals surface area (Å²) in [4.78, 5) is 60.0. The zero-order chi connectivity index (χ0) is 34.2. The Bertz CT molecular complexity index is 1600. The number of nitrogens with zero attached hydrogens (tertiary/aromatic N) is 2. The molecule has 0 unspecified atom stereocenters. The average molecular weight is 676 g/mol. The molecule has 0 aromatic heterocycles. The zero-order valence-electron chi connectivity index (χ0n) is 27.3. The number of nitrogens with one attached hydrogen (secondary N) is 1. The number of allylic oxidation sites excluding steroid dienone is 1. The Morgan fingerprint density at radius 2 is 1.77 bits per heavy atom. The standard InChI is InChI=1S/C37H42ClN3O7/c1-4-22(2)27(21-42)41-33-35(45)40(26-17-15-25(38)16-18-26)20-10-19-37(33)31(34(41)44)30-28(48-37)13-8-9-14-29(43)39-23(3)32(47-36(30)46)24-11-6-5-7-12-24/h5-8,10-13,15-19,22-23,27-28,30-33,42H,4,9,14,20-21H2,1-3H3,(H,39,43)/b13-8-/t22-,23-,27-,28-,30+,31+,32+,33-,37+/m0/s1. The third kappa shape index (κ3) is 5.95. The second-order valence-electron chi connectivity index (χ2n) is 13.1. The van der Waals surface area contributed by atoms with E-state index in [0.29, 0.717) is 29.1 Å². The molecule has 9 atom stereocenters. The Hall–Kier alpha value is -3.99. The summed E-state index contributed by atoms with van der Waals surface area (Å²) in [7, 11) is 0. The van der Waals surface area contributed by atoms with Crippen LogP contribution < -0.4 is 10.2 Å². The van der Waals surface area contributed by atoms with E-state index < -0.39 is 59.6 Å². The molecule has 0 aliphatic carbocycles. The van der Waals surface area contributed by atoms with Crippen LogP contribution in [0.15, 0.2) is 78.9 Å². The number of carbonyl (C=O) groups excluding carboxylic acids is 4. The summed E-state index contributed by atoms with van der Waals surface area (Å²) in [5.41, 5.74) is -0.252. The molecule has 2 N–H and O–H groups in total. The van der Waals surface area contributed by atoms with Crippen LogP contribution in [0.3, 0.4) is 0 Å². The highest BCUT2D eigenvalue weighted by atomic mass is 35.5. The highest BCUT2D eigenvalue weighted by Crippen LogP contribution is 2.54. The van der Waals surface area contributed by atoms with E-state index in [9.17, 15) is 24.3 Å². The van der Waals surface area contributed by atoms with Crippen LogP contribution in [0, 0.1) is 17.8 Å². The SMILES string of the molecule is CC[C@H](C)[C@H](CO)N1C(=O)[C@H]2[C@@H]3C(=O)O[C@@H](c4ccccc4)[C@H](C)NC(=O)CC/C=C\[C@@H]3O[C@]23C=CCN(c2ccc(Cl)cc2)C(=O)[C@H]13. The molecular formula is C37H42ClN3O7. The van der Waals surface area contributed by atoms with E-state index in [0.717, 1.165) is 0 Å². The lowest BCUT2D eigenvalue weighted by molar-refractivity contribution is -0.162. The molecule has 254 valence electrons. The molecule has 48 heavy (non-hydrogen) atoms. The first-order chi connectivity index (χ1) is 23.1. The first kappa shape index (κ1) is 33.9. The third-order valence-electron chi connectivity index (χ3n) is 10.3. The molecule has 2 aromatic carbocycles. The number of esters is 1. The lowest BCUT2D eigenvalue weighted by atomic mass is 9.77. The fraction of sp³-hybridized carbons (Fsp3) is 0.459. The molecule has 10 nitrogen and oxygen atoms in total. The van der Waals surface area contributed by atoms with Crippen molar-refractivity contribution in [1.82, 2.24) is 10.2 Å². The lowest BCUT2D eigenvalue weighted by Gasteiger charge is -2.40. The third-order valence-corrected chi connectivity index (χ3v) is 10.5. The maximum absolute atomic E-state index is 14.9. The van der Waals surface area contributed by atoms with Crippen LogP contribution in [0.1, 0.15) is 51.7 Å². The largest absolute Gasteiger partial charge is 0.455 e. The Balaban J connectivity index is 1.48. The van der Waals surface area contributed by atoms with Gasteiger partial charge in [-0.1, -0.05) is 86.5 Å². The predicted molar refractivity (Wildman–Crippen MR) is 180 cm³/mol. The minimum Gasteiger partial charge on any atom is -0.455 e. The molecule has 4 heterocycles. The Labute approximate surface area is 285 Å². The summed E-state index contributed by atoms with van der Waals surface area (Å²) in [6, 6.07) is 13.6. The van der Waals surface area contributed by atoms with E-state index >= 15 is 0 Å². The summed E-state index contributed by atoms with van der Waals surface area (Å²) in [5.74, 6) is -4.07. The first-order valence-corrected chi connectivity index (χ1v) is 17.1. The molecule has 2 fully saturated rings. The fourth-order valence-corrected chi connectivity index (χ4v) is 7.79. The molecule has 2 aromatic rings. The average Bonchev–Trinajstić information content (AvgIpc) is 3.47. The van der Waals surface area contributed by atoms with Gasteiger partial charge >= 0.3 is 5.97 Å². The number of ether oxygens (including phenoxy) is 2. The topological polar surface area (TPSA) is 125 Å². The van der Waals surface area contributed by atoms with Gasteiger partial charge in [0.1, 0.15) is 23.7 Å². The number of hydrogen-bond acceptors (Lipinski definition) is 7. The smallest absolute Gasteiger partial charge is 0.313 e. The molecule has 2 saturated heterocycles. The number of rotatable bonds is 6. The maximum Gasteiger partial charge on any atom is 0.313 e. The highest BCUT2D eigenvalue weighted by molar-refractivity contribution is 6.30. The molecule has 1 spiro atoms. The van der Waals surface area contributed by atoms with Crippen molar-refractivity contribution in [3.63, 3.8) is 0 Å². The van der Waals surface area contributed by atoms with E-state index in [-0.39, 0.29) is 37.3 Å². The van der Waals surface area contributed by atoms with Gasteiger partial charge in [-0.25, -0.2) is 0 Å². The van der Waals surface area contributed by atoms with Crippen molar-refractivity contribution >= 4 is 41.0 Å². The van der Waals surface area contributed by atoms with E-state index in [1.54, 1.807) is 60.4 Å². The van der Waals surface area contributed by atoms with Crippen molar-refractivity contribution in [1.29, 1.82) is 0 Å². The van der Waals surface area contributed by atoms with Crippen LogP contribution in [0.4, 0.5) is 5.69 Å². The number of hydrogen-bond donors (Lipinski definition) is 2. The first-order valence-electron chi connectivity index (χ1n) is 16.7. The highest BCUT2D eigenvalue weighted by Gasteiger charge is 2.73. The molecule has 0 saturated carbocycles. The molecule has 3 amide bonds. The number of carbonyl (C=O) groups is 4. The molecular weight excluding hydrogens is 634 g/mol. The van der Waals surface area contributed by atoms with Crippen LogP contribution >= 0.6 is 11.6 Å². The normalized spacial score (nSPS) is 32.5. The zero-order valence-corrected chi connectivity index (χ0v) is 28.1. The molecule has 6 rings (SSSR count). The number of cyclic esters (lactones) is 1. The summed E-state index contributed by atoms with van der Waals surface area (Å²) >= 11 is 6.16. The molecule has 4 aliphatic rings. The second kappa shape index (κ2) is 13.9. The van der Waals surface area contributed by atoms with E-state index in [1.807, 2.05) is 44.2 Å². The lowest BCUT2D eigenvalue weighted by Crippen LogP contribution is -2.59. The predicted octanol–water partition coefficient (Wildman–Crippen LogP) is 4.37. The number of fused-ring (bicyclic) bond motifs is 2. The van der Waals surface area contributed by atoms with E-state index in [4.69, 9.17) is 21.1 Å². The molecule has 0 radical (unpaired) electrons. The van der Waals surface area contributed by atoms with E-state index in [1.165, 1.54) is 4.90 Å². The van der Waals surface area contributed by atoms with Gasteiger partial charge in [0.2, 0.25) is 11.8 Å². The summed E-state index contributed by atoms with van der Waals surface area (Å²) in [6.07, 6.45) is 6.52. The quantitative estimate of drug-likeness (QED) is 0.344. The van der Waals surface area contributed by atoms with Crippen molar-refractivity contribution in [2.24, 2.45) is 17.8 Å². The number of halogens is 1. The van der Waals surface area contributed by atoms with Crippen molar-refractivity contribution in [2.75, 3.05) is 18.1 Å². The molecule has 4 aliphatic heterocycles. The number of likely N-dealkylation sites (tertiary alicyclic amines) is 1. The monoisotopic (exact) mass is 675 g/mol. The van der Waals surface area contributed by atoms with Gasteiger partial charge in [-0.15, -0.1) is 0 Å². The van der Waals surface area contributed by atoms with Crippen LogP contribution in [0.2, 0.25) is 5.02 Å². The van der Waals surface area contributed by atoms with Crippen molar-refractivity contribution in [3.05, 3.63) is 89.5 Å². The second-order valence-corrected chi connectivity index (χ2v) is 13.6. The van der Waals surface area contributed by atoms with Crippen LogP contribution in [0.25, 0.3) is 0 Å². The van der Waals surface area contributed by atoms with Crippen molar-refractivity contribution in [2.45, 2.75) is 76.0 Å². The van der Waals surface area contributed by atoms with Crippen molar-refractivity contribution < 1.29 is 33.8 Å². The van der Waals surface area contributed by atoms with Gasteiger partial charge in [-0.2, -0.15) is 0 Å². The number of aliphatic hydroxyl groups excluding tert-OH is 1. The molecule has 0 bridgehead atoms. The summed E-state index contributed by atoms with van der Waals surface area (Å²) in [5, 5.41) is 14.2. The number of amides is 3. The van der Waals surface area contributed by atoms with Gasteiger partial charge in [-0.3, -0.25) is 19.2 Å². The summed E-state index contributed by atoms with van der Waals surface area (Å²) in [6.45, 7) is 5.50. The van der Waals surface area contributed by atoms with Gasteiger partial charge < -0.3 is 29.7 Å². The van der Waals surface area contributed by atoms with Crippen molar-refractivity contribution in [3.8, 4) is 0 Å². The van der Waals surface area contributed by atoms with Gasteiger partial charge in [0.25, 0.3) is 5.91 Å². The fourth-order valence-electron chi connectivity index (χ4n) is 7.67. The number of benzene rings is 2. The minimum absolute atomic E-state index is 0.162. The van der Waals surface area contributed by atoms with Crippen LogP contribution in [0.5, 0.6) is 0 Å². The minimum atomic E-state index is -1.53. The van der Waals surface area contributed by atoms with E-state index in [2.05, 4.69) is 5.32 Å². The van der Waals surface area contributed by atoms with Gasteiger partial charge in [-0.05, 0) is 49.1 Å². The Morgan fingerprint density at radius 1 is 1.04 bits per heavy atom. The van der Waals surface area contributed by atoms with Crippen LogP contribution in [-0.4, -0.2) is 76.7 Å².